The summed E-state index contributed by atoms with van der Waals surface area (Å²) in [5.74, 6) is 0.882. The second kappa shape index (κ2) is 2.66. The smallest absolute Gasteiger partial charge is 0.208 e. The molecule has 1 aliphatic heterocycles. The van der Waals surface area contributed by atoms with Crippen molar-refractivity contribution in [3.05, 3.63) is 0 Å². The fourth-order valence-electron chi connectivity index (χ4n) is 1.71. The maximum atomic E-state index is 4.68. The molecule has 0 bridgehead atoms. The van der Waals surface area contributed by atoms with Gasteiger partial charge in [-0.3, -0.25) is 0 Å². The van der Waals surface area contributed by atoms with Crippen LogP contribution in [0.25, 0.3) is 22.8 Å². The molecule has 0 unspecified atom stereocenters. The summed E-state index contributed by atoms with van der Waals surface area (Å²) in [6.07, 6.45) is 0. The lowest BCUT2D eigenvalue weighted by atomic mass is 10.2. The van der Waals surface area contributed by atoms with Crippen molar-refractivity contribution in [3.63, 3.8) is 0 Å². The van der Waals surface area contributed by atoms with Crippen LogP contribution in [-0.2, 0) is 0 Å². The molecule has 4 rings (SSSR count). The summed E-state index contributed by atoms with van der Waals surface area (Å²) in [5.41, 5.74) is 1.62. The van der Waals surface area contributed by atoms with Crippen molar-refractivity contribution in [3.8, 4) is 22.8 Å². The third-order valence-electron chi connectivity index (χ3n) is 2.51. The van der Waals surface area contributed by atoms with E-state index in [1.807, 2.05) is 0 Å². The number of hydrogen-bond donors (Lipinski definition) is 0. The van der Waals surface area contributed by atoms with E-state index in [1.54, 1.807) is 11.9 Å². The standard InChI is InChI=1S/C7H3N7O3/c1-14-6-4(10-16-12-6)2-3(9-15-8-2)5-7(14)13-17-11-5/h1H3. The Balaban J connectivity index is 2.16. The molecule has 10 heteroatoms. The first kappa shape index (κ1) is 8.38. The molecule has 1 aliphatic rings. The van der Waals surface area contributed by atoms with Crippen molar-refractivity contribution in [1.82, 2.24) is 30.9 Å². The molecule has 0 saturated carbocycles. The fourth-order valence-corrected chi connectivity index (χ4v) is 1.71. The van der Waals surface area contributed by atoms with Gasteiger partial charge >= 0.3 is 0 Å². The zero-order valence-corrected chi connectivity index (χ0v) is 8.36. The van der Waals surface area contributed by atoms with Crippen LogP contribution in [0.4, 0.5) is 11.6 Å². The first-order valence-corrected chi connectivity index (χ1v) is 4.58. The lowest BCUT2D eigenvalue weighted by molar-refractivity contribution is 0.301. The van der Waals surface area contributed by atoms with Crippen LogP contribution in [0.15, 0.2) is 13.9 Å². The SMILES string of the molecule is CN1c2nonc2-c2nonc2-c2nonc21. The molecule has 3 aromatic heterocycles. The van der Waals surface area contributed by atoms with E-state index in [-0.39, 0.29) is 0 Å². The first-order chi connectivity index (χ1) is 8.36. The maximum absolute atomic E-state index is 4.68. The average Bonchev–Trinajstić information content (AvgIpc) is 3.06. The van der Waals surface area contributed by atoms with Crippen LogP contribution >= 0.6 is 0 Å². The van der Waals surface area contributed by atoms with Crippen molar-refractivity contribution in [2.24, 2.45) is 0 Å². The van der Waals surface area contributed by atoms with Crippen molar-refractivity contribution < 1.29 is 13.9 Å². The van der Waals surface area contributed by atoms with E-state index < -0.39 is 0 Å². The van der Waals surface area contributed by atoms with Crippen LogP contribution in [0, 0.1) is 0 Å². The predicted octanol–water partition coefficient (Wildman–Crippen LogP) is 0.251. The van der Waals surface area contributed by atoms with Gasteiger partial charge in [0.15, 0.2) is 22.8 Å². The predicted molar refractivity (Wildman–Crippen MR) is 48.9 cm³/mol. The molecule has 0 atom stereocenters. The van der Waals surface area contributed by atoms with Gasteiger partial charge in [-0.15, -0.1) is 0 Å². The summed E-state index contributed by atoms with van der Waals surface area (Å²) in [6.45, 7) is 0. The van der Waals surface area contributed by atoms with Crippen LogP contribution in [-0.4, -0.2) is 38.0 Å². The number of fused-ring (bicyclic) bond motifs is 5. The fraction of sp³-hybridized carbons (Fsp3) is 0.143. The van der Waals surface area contributed by atoms with Crippen LogP contribution in [0.1, 0.15) is 0 Å². The van der Waals surface area contributed by atoms with Crippen molar-refractivity contribution >= 4 is 11.6 Å². The highest BCUT2D eigenvalue weighted by Crippen LogP contribution is 2.41. The van der Waals surface area contributed by atoms with Gasteiger partial charge in [0.25, 0.3) is 0 Å². The highest BCUT2D eigenvalue weighted by atomic mass is 16.6. The number of rotatable bonds is 0. The molecule has 0 aromatic carbocycles. The zero-order chi connectivity index (χ0) is 11.4. The molecular weight excluding hydrogens is 230 g/mol. The van der Waals surface area contributed by atoms with Gasteiger partial charge in [-0.1, -0.05) is 0 Å². The van der Waals surface area contributed by atoms with Crippen LogP contribution < -0.4 is 4.90 Å². The second-order valence-corrected chi connectivity index (χ2v) is 3.39. The van der Waals surface area contributed by atoms with E-state index in [2.05, 4.69) is 44.8 Å². The van der Waals surface area contributed by atoms with Crippen molar-refractivity contribution in [1.29, 1.82) is 0 Å². The minimum Gasteiger partial charge on any atom is -0.305 e. The van der Waals surface area contributed by atoms with E-state index in [0.29, 0.717) is 34.4 Å². The summed E-state index contributed by atoms with van der Waals surface area (Å²) in [6, 6.07) is 0. The van der Waals surface area contributed by atoms with E-state index in [1.165, 1.54) is 0 Å². The first-order valence-electron chi connectivity index (χ1n) is 4.58. The Morgan fingerprint density at radius 3 is 1.59 bits per heavy atom. The molecule has 0 N–H and O–H groups in total. The minimum atomic E-state index is 0.391. The minimum absolute atomic E-state index is 0.391. The van der Waals surface area contributed by atoms with E-state index >= 15 is 0 Å². The van der Waals surface area contributed by atoms with Gasteiger partial charge in [0.05, 0.1) is 0 Å². The number of anilines is 2. The summed E-state index contributed by atoms with van der Waals surface area (Å²) >= 11 is 0. The largest absolute Gasteiger partial charge is 0.305 e. The Morgan fingerprint density at radius 2 is 1.06 bits per heavy atom. The van der Waals surface area contributed by atoms with Gasteiger partial charge in [0.2, 0.25) is 11.6 Å². The third kappa shape index (κ3) is 0.891. The Kier molecular flexibility index (Phi) is 1.31. The molecule has 0 saturated heterocycles. The van der Waals surface area contributed by atoms with Gasteiger partial charge in [0.1, 0.15) is 0 Å². The van der Waals surface area contributed by atoms with Gasteiger partial charge in [-0.05, 0) is 30.9 Å². The van der Waals surface area contributed by atoms with Crippen molar-refractivity contribution in [2.45, 2.75) is 0 Å². The summed E-state index contributed by atoms with van der Waals surface area (Å²) in [7, 11) is 1.73. The van der Waals surface area contributed by atoms with Crippen LogP contribution in [0.5, 0.6) is 0 Å². The Bertz CT molecular complexity index is 641. The molecule has 0 aliphatic carbocycles. The normalized spacial score (nSPS) is 12.9. The highest BCUT2D eigenvalue weighted by Gasteiger charge is 2.34. The molecule has 0 fully saturated rings. The van der Waals surface area contributed by atoms with Crippen LogP contribution in [0.2, 0.25) is 0 Å². The summed E-state index contributed by atoms with van der Waals surface area (Å²) in [4.78, 5) is 1.63. The molecule has 0 amide bonds. The molecule has 0 spiro atoms. The molecule has 0 radical (unpaired) electrons. The molecule has 84 valence electrons. The monoisotopic (exact) mass is 233 g/mol. The highest BCUT2D eigenvalue weighted by molar-refractivity contribution is 5.89. The number of nitrogens with zero attached hydrogens (tertiary/aromatic N) is 7. The Morgan fingerprint density at radius 1 is 0.647 bits per heavy atom. The second-order valence-electron chi connectivity index (χ2n) is 3.39. The van der Waals surface area contributed by atoms with Gasteiger partial charge in [-0.2, -0.15) is 0 Å². The van der Waals surface area contributed by atoms with Crippen molar-refractivity contribution in [2.75, 3.05) is 11.9 Å². The third-order valence-corrected chi connectivity index (χ3v) is 2.51. The topological polar surface area (TPSA) is 120 Å². The lowest BCUT2D eigenvalue weighted by Crippen LogP contribution is -2.11. The van der Waals surface area contributed by atoms with E-state index in [9.17, 15) is 0 Å². The Labute approximate surface area is 92.1 Å². The quantitative estimate of drug-likeness (QED) is 0.534. The van der Waals surface area contributed by atoms with Gasteiger partial charge < -0.3 is 4.90 Å². The van der Waals surface area contributed by atoms with Gasteiger partial charge in [-0.25, -0.2) is 13.9 Å². The molecular formula is C7H3N7O3. The van der Waals surface area contributed by atoms with Crippen LogP contribution in [0.3, 0.4) is 0 Å². The van der Waals surface area contributed by atoms with E-state index in [0.717, 1.165) is 0 Å². The molecule has 3 aromatic rings. The molecule has 4 heterocycles. The lowest BCUT2D eigenvalue weighted by Gasteiger charge is -2.09. The summed E-state index contributed by atoms with van der Waals surface area (Å²) in [5, 5.41) is 22.6. The summed E-state index contributed by atoms with van der Waals surface area (Å²) < 4.78 is 14.0. The molecule has 17 heavy (non-hydrogen) atoms. The molecule has 10 nitrogen and oxygen atoms in total. The van der Waals surface area contributed by atoms with Gasteiger partial charge in [0, 0.05) is 7.05 Å². The maximum Gasteiger partial charge on any atom is 0.208 e. The average molecular weight is 233 g/mol. The zero-order valence-electron chi connectivity index (χ0n) is 8.36. The number of hydrogen-bond acceptors (Lipinski definition) is 10. The van der Waals surface area contributed by atoms with E-state index in [4.69, 9.17) is 0 Å². The number of aromatic nitrogens is 6. The Hall–Kier alpha value is -2.78.